The fourth-order valence-electron chi connectivity index (χ4n) is 2.42. The van der Waals surface area contributed by atoms with Gasteiger partial charge in [0.1, 0.15) is 11.9 Å². The first kappa shape index (κ1) is 12.4. The minimum atomic E-state index is -0.185. The molecule has 1 aliphatic heterocycles. The quantitative estimate of drug-likeness (QED) is 0.776. The molecule has 1 unspecified atom stereocenters. The van der Waals surface area contributed by atoms with Crippen molar-refractivity contribution < 1.29 is 9.53 Å². The Balaban J connectivity index is 2.01. The smallest absolute Gasteiger partial charge is 0.170 e. The van der Waals surface area contributed by atoms with Gasteiger partial charge in [0.25, 0.3) is 0 Å². The lowest BCUT2D eigenvalue weighted by atomic mass is 9.94. The van der Waals surface area contributed by atoms with Crippen molar-refractivity contribution in [3.63, 3.8) is 0 Å². The summed E-state index contributed by atoms with van der Waals surface area (Å²) < 4.78 is 6.92. The van der Waals surface area contributed by atoms with Gasteiger partial charge < -0.3 is 4.74 Å². The van der Waals surface area contributed by atoms with Crippen LogP contribution in [-0.2, 0) is 0 Å². The molecule has 0 amide bonds. The summed E-state index contributed by atoms with van der Waals surface area (Å²) >= 11 is 3.41. The van der Waals surface area contributed by atoms with Crippen LogP contribution in [0.4, 0.5) is 0 Å². The number of carbonyl (C=O) groups is 1. The molecule has 2 nitrogen and oxygen atoms in total. The van der Waals surface area contributed by atoms with Crippen LogP contribution in [0, 0.1) is 6.92 Å². The van der Waals surface area contributed by atoms with Gasteiger partial charge in [0.15, 0.2) is 5.78 Å². The summed E-state index contributed by atoms with van der Waals surface area (Å²) in [6.45, 7) is 2.04. The topological polar surface area (TPSA) is 26.3 Å². The second kappa shape index (κ2) is 4.82. The Kier molecular flexibility index (Phi) is 3.15. The van der Waals surface area contributed by atoms with E-state index in [1.807, 2.05) is 49.4 Å². The first-order chi connectivity index (χ1) is 9.15. The van der Waals surface area contributed by atoms with Gasteiger partial charge in [-0.1, -0.05) is 40.2 Å². The molecule has 0 N–H and O–H groups in total. The second-order valence-electron chi connectivity index (χ2n) is 4.73. The van der Waals surface area contributed by atoms with Crippen molar-refractivity contribution in [1.82, 2.24) is 0 Å². The average Bonchev–Trinajstić information content (AvgIpc) is 2.38. The van der Waals surface area contributed by atoms with E-state index in [1.54, 1.807) is 0 Å². The molecule has 0 spiro atoms. The normalized spacial score (nSPS) is 17.8. The molecule has 2 aromatic rings. The van der Waals surface area contributed by atoms with Crippen molar-refractivity contribution in [2.75, 3.05) is 0 Å². The van der Waals surface area contributed by atoms with Gasteiger partial charge in [-0.3, -0.25) is 4.79 Å². The van der Waals surface area contributed by atoms with E-state index >= 15 is 0 Å². The molecule has 0 saturated heterocycles. The standard InChI is InChI=1S/C16H13BrO2/c1-10-4-2-3-5-12(10)16-9-14(18)13-7-6-11(17)8-15(13)19-16/h2-8,16H,9H2,1H3. The zero-order chi connectivity index (χ0) is 13.4. The first-order valence-corrected chi connectivity index (χ1v) is 6.99. The highest BCUT2D eigenvalue weighted by molar-refractivity contribution is 9.10. The molecule has 3 heteroatoms. The summed E-state index contributed by atoms with van der Waals surface area (Å²) in [4.78, 5) is 12.2. The largest absolute Gasteiger partial charge is 0.484 e. The average molecular weight is 317 g/mol. The van der Waals surface area contributed by atoms with Crippen LogP contribution in [0.25, 0.3) is 0 Å². The van der Waals surface area contributed by atoms with Crippen LogP contribution >= 0.6 is 15.9 Å². The molecular formula is C16H13BrO2. The first-order valence-electron chi connectivity index (χ1n) is 6.20. The van der Waals surface area contributed by atoms with Crippen LogP contribution in [-0.4, -0.2) is 5.78 Å². The van der Waals surface area contributed by atoms with Gasteiger partial charge >= 0.3 is 0 Å². The maximum atomic E-state index is 12.2. The number of fused-ring (bicyclic) bond motifs is 1. The Bertz CT molecular complexity index is 649. The van der Waals surface area contributed by atoms with Crippen LogP contribution in [0.15, 0.2) is 46.9 Å². The molecule has 1 atom stereocenters. The Morgan fingerprint density at radius 3 is 2.79 bits per heavy atom. The number of hydrogen-bond acceptors (Lipinski definition) is 2. The predicted octanol–water partition coefficient (Wildman–Crippen LogP) is 4.46. The Morgan fingerprint density at radius 2 is 2.00 bits per heavy atom. The molecule has 0 bridgehead atoms. The number of benzene rings is 2. The summed E-state index contributed by atoms with van der Waals surface area (Å²) in [5.74, 6) is 0.806. The number of hydrogen-bond donors (Lipinski definition) is 0. The summed E-state index contributed by atoms with van der Waals surface area (Å²) in [7, 11) is 0. The van der Waals surface area contributed by atoms with Crippen LogP contribution in [0.5, 0.6) is 5.75 Å². The number of rotatable bonds is 1. The molecule has 96 valence electrons. The van der Waals surface area contributed by atoms with Crippen LogP contribution in [0.1, 0.15) is 34.0 Å². The minimum Gasteiger partial charge on any atom is -0.484 e. The van der Waals surface area contributed by atoms with E-state index in [4.69, 9.17) is 4.74 Å². The van der Waals surface area contributed by atoms with Crippen molar-refractivity contribution in [2.45, 2.75) is 19.4 Å². The van der Waals surface area contributed by atoms with Crippen molar-refractivity contribution in [3.8, 4) is 5.75 Å². The molecule has 1 aliphatic rings. The van der Waals surface area contributed by atoms with E-state index < -0.39 is 0 Å². The Morgan fingerprint density at radius 1 is 1.21 bits per heavy atom. The highest BCUT2D eigenvalue weighted by Gasteiger charge is 2.28. The fraction of sp³-hybridized carbons (Fsp3) is 0.188. The molecule has 19 heavy (non-hydrogen) atoms. The van der Waals surface area contributed by atoms with E-state index in [1.165, 1.54) is 0 Å². The van der Waals surface area contributed by atoms with Gasteiger partial charge in [-0.2, -0.15) is 0 Å². The highest BCUT2D eigenvalue weighted by Crippen LogP contribution is 2.37. The summed E-state index contributed by atoms with van der Waals surface area (Å²) in [6, 6.07) is 13.6. The molecule has 0 saturated carbocycles. The molecule has 0 aromatic heterocycles. The predicted molar refractivity (Wildman–Crippen MR) is 77.6 cm³/mol. The zero-order valence-electron chi connectivity index (χ0n) is 10.5. The van der Waals surface area contributed by atoms with E-state index in [0.717, 1.165) is 15.6 Å². The molecule has 0 fully saturated rings. The number of ketones is 1. The van der Waals surface area contributed by atoms with Gasteiger partial charge in [-0.05, 0) is 36.2 Å². The summed E-state index contributed by atoms with van der Waals surface area (Å²) in [6.07, 6.45) is 0.218. The van der Waals surface area contributed by atoms with Crippen molar-refractivity contribution in [1.29, 1.82) is 0 Å². The minimum absolute atomic E-state index is 0.141. The molecule has 0 aliphatic carbocycles. The lowest BCUT2D eigenvalue weighted by Crippen LogP contribution is -2.21. The number of ether oxygens (including phenoxy) is 1. The van der Waals surface area contributed by atoms with E-state index in [0.29, 0.717) is 17.7 Å². The van der Waals surface area contributed by atoms with E-state index in [-0.39, 0.29) is 11.9 Å². The van der Waals surface area contributed by atoms with Gasteiger partial charge in [-0.15, -0.1) is 0 Å². The van der Waals surface area contributed by atoms with Crippen molar-refractivity contribution in [2.24, 2.45) is 0 Å². The van der Waals surface area contributed by atoms with Crippen LogP contribution in [0.3, 0.4) is 0 Å². The molecule has 1 heterocycles. The van der Waals surface area contributed by atoms with Gasteiger partial charge in [-0.25, -0.2) is 0 Å². The van der Waals surface area contributed by atoms with E-state index in [9.17, 15) is 4.79 Å². The second-order valence-corrected chi connectivity index (χ2v) is 5.65. The molecule has 3 rings (SSSR count). The van der Waals surface area contributed by atoms with Gasteiger partial charge in [0.2, 0.25) is 0 Å². The zero-order valence-corrected chi connectivity index (χ0v) is 12.1. The molecule has 0 radical (unpaired) electrons. The number of Topliss-reactive ketones (excluding diaryl/α,β-unsaturated/α-hetero) is 1. The number of carbonyl (C=O) groups excluding carboxylic acids is 1. The lowest BCUT2D eigenvalue weighted by molar-refractivity contribution is 0.0849. The summed E-state index contributed by atoms with van der Waals surface area (Å²) in [5, 5.41) is 0. The van der Waals surface area contributed by atoms with Gasteiger partial charge in [0, 0.05) is 4.47 Å². The maximum Gasteiger partial charge on any atom is 0.170 e. The fourth-order valence-corrected chi connectivity index (χ4v) is 2.76. The molecular weight excluding hydrogens is 304 g/mol. The van der Waals surface area contributed by atoms with Crippen molar-refractivity contribution in [3.05, 3.63) is 63.6 Å². The monoisotopic (exact) mass is 316 g/mol. The Hall–Kier alpha value is -1.61. The Labute approximate surface area is 120 Å². The molecule has 2 aromatic carbocycles. The SMILES string of the molecule is Cc1ccccc1C1CC(=O)c2ccc(Br)cc2O1. The summed E-state index contributed by atoms with van der Waals surface area (Å²) in [5.41, 5.74) is 2.91. The third-order valence-electron chi connectivity index (χ3n) is 3.42. The van der Waals surface area contributed by atoms with Crippen LogP contribution in [0.2, 0.25) is 0 Å². The lowest BCUT2D eigenvalue weighted by Gasteiger charge is -2.26. The van der Waals surface area contributed by atoms with Gasteiger partial charge in [0.05, 0.1) is 12.0 Å². The third kappa shape index (κ3) is 2.30. The number of halogens is 1. The maximum absolute atomic E-state index is 12.2. The van der Waals surface area contributed by atoms with Crippen LogP contribution < -0.4 is 4.74 Å². The number of aryl methyl sites for hydroxylation is 1. The highest BCUT2D eigenvalue weighted by atomic mass is 79.9. The van der Waals surface area contributed by atoms with Crippen molar-refractivity contribution >= 4 is 21.7 Å². The van der Waals surface area contributed by atoms with E-state index in [2.05, 4.69) is 15.9 Å². The third-order valence-corrected chi connectivity index (χ3v) is 3.91.